The van der Waals surface area contributed by atoms with Gasteiger partial charge in [0.15, 0.2) is 17.7 Å². The highest BCUT2D eigenvalue weighted by Crippen LogP contribution is 2.45. The van der Waals surface area contributed by atoms with Crippen LogP contribution in [0.15, 0.2) is 73.1 Å². The number of nitrogens with zero attached hydrogens (tertiary/aromatic N) is 3. The van der Waals surface area contributed by atoms with Crippen molar-refractivity contribution in [3.8, 4) is 0 Å². The third-order valence-electron chi connectivity index (χ3n) is 24.4. The van der Waals surface area contributed by atoms with Gasteiger partial charge < -0.3 is 68.0 Å². The maximum atomic E-state index is 14.4. The molecule has 5 aliphatic heterocycles. The molecule has 6 aliphatic rings. The number of nitrogens with one attached hydrogen (secondary N) is 2. The molecule has 24 heteroatoms. The number of aliphatic hydroxyl groups is 1. The highest BCUT2D eigenvalue weighted by Gasteiger charge is 2.59. The summed E-state index contributed by atoms with van der Waals surface area (Å²) in [6, 6.07) is 18.4. The molecular formula is C83H119N5O19. The number of esters is 1. The number of amides is 2. The lowest BCUT2D eigenvalue weighted by molar-refractivity contribution is -0.373. The van der Waals surface area contributed by atoms with Crippen LogP contribution in [0.25, 0.3) is 21.8 Å². The Morgan fingerprint density at radius 1 is 0.551 bits per heavy atom. The van der Waals surface area contributed by atoms with Crippen LogP contribution in [0.4, 0.5) is 9.59 Å². The molecule has 0 bridgehead atoms. The van der Waals surface area contributed by atoms with Gasteiger partial charge in [0.2, 0.25) is 0 Å². The number of cyclic esters (lactones) is 1. The van der Waals surface area contributed by atoms with E-state index < -0.39 is 149 Å². The molecule has 590 valence electrons. The van der Waals surface area contributed by atoms with Crippen LogP contribution in [0.5, 0.6) is 0 Å². The number of pyridine rings is 2. The van der Waals surface area contributed by atoms with Crippen LogP contribution < -0.4 is 10.6 Å². The van der Waals surface area contributed by atoms with E-state index in [4.69, 9.17) is 47.4 Å². The first-order valence-corrected chi connectivity index (χ1v) is 38.7. The van der Waals surface area contributed by atoms with Gasteiger partial charge in [0.25, 0.3) is 6.48 Å². The van der Waals surface area contributed by atoms with Gasteiger partial charge in [-0.25, -0.2) is 9.59 Å². The number of carbonyl (C=O) groups is 8. The zero-order valence-corrected chi connectivity index (χ0v) is 66.4. The zero-order chi connectivity index (χ0) is 78.4. The highest BCUT2D eigenvalue weighted by molar-refractivity contribution is 6.03. The lowest BCUT2D eigenvalue weighted by atomic mass is 9.69. The zero-order valence-electron chi connectivity index (χ0n) is 66.4. The van der Waals surface area contributed by atoms with Crippen molar-refractivity contribution < 1.29 is 90.8 Å². The van der Waals surface area contributed by atoms with Gasteiger partial charge in [0.05, 0.1) is 64.7 Å². The van der Waals surface area contributed by atoms with Gasteiger partial charge in [-0.05, 0) is 182 Å². The Morgan fingerprint density at radius 2 is 1.01 bits per heavy atom. The van der Waals surface area contributed by atoms with E-state index in [9.17, 15) is 43.5 Å². The Bertz CT molecular complexity index is 3790. The van der Waals surface area contributed by atoms with Gasteiger partial charge in [-0.3, -0.25) is 38.7 Å². The first-order valence-electron chi connectivity index (χ1n) is 38.7. The summed E-state index contributed by atoms with van der Waals surface area (Å²) >= 11 is 0. The predicted octanol–water partition coefficient (Wildman–Crippen LogP) is 11.8. The molecule has 4 aromatic rings. The molecule has 2 aromatic carbocycles. The number of aromatic nitrogens is 2. The lowest BCUT2D eigenvalue weighted by Crippen LogP contribution is -2.59. The summed E-state index contributed by atoms with van der Waals surface area (Å²) in [6.07, 6.45) is 3.76. The van der Waals surface area contributed by atoms with Crippen molar-refractivity contribution in [3.63, 3.8) is 0 Å². The minimum Gasteiger partial charge on any atom is -0.457 e. The van der Waals surface area contributed by atoms with Crippen LogP contribution in [0.1, 0.15) is 186 Å². The summed E-state index contributed by atoms with van der Waals surface area (Å²) in [5, 5.41) is 19.3. The molecular weight excluding hydrogens is 1370 g/mol. The number of ketones is 5. The molecule has 107 heavy (non-hydrogen) atoms. The average Bonchev–Trinajstić information content (AvgIpc) is 1.67. The van der Waals surface area contributed by atoms with E-state index in [0.29, 0.717) is 32.1 Å². The van der Waals surface area contributed by atoms with Gasteiger partial charge in [0.1, 0.15) is 53.0 Å². The van der Waals surface area contributed by atoms with Crippen LogP contribution in [-0.4, -0.2) is 191 Å². The molecule has 2 aromatic heterocycles. The number of hydrogen-bond donors (Lipinski definition) is 3. The summed E-state index contributed by atoms with van der Waals surface area (Å²) in [4.78, 5) is 123. The fourth-order valence-corrected chi connectivity index (χ4v) is 17.8. The van der Waals surface area contributed by atoms with Gasteiger partial charge in [-0.2, -0.15) is 0 Å². The van der Waals surface area contributed by atoms with Gasteiger partial charge in [-0.1, -0.05) is 84.4 Å². The molecule has 5 saturated heterocycles. The number of rotatable bonds is 17. The van der Waals surface area contributed by atoms with Crippen molar-refractivity contribution in [1.29, 1.82) is 0 Å². The van der Waals surface area contributed by atoms with E-state index in [-0.39, 0.29) is 66.7 Å². The molecule has 1 aliphatic carbocycles. The van der Waals surface area contributed by atoms with Crippen LogP contribution in [-0.2, 0) is 89.0 Å². The maximum Gasteiger partial charge on any atom is 0.408 e. The Labute approximate surface area is 631 Å². The van der Waals surface area contributed by atoms with Gasteiger partial charge >= 0.3 is 18.2 Å². The van der Waals surface area contributed by atoms with Crippen molar-refractivity contribution in [2.75, 3.05) is 28.3 Å². The Balaban J connectivity index is 0.000000248. The summed E-state index contributed by atoms with van der Waals surface area (Å²) in [6.45, 7) is 25.5. The molecule has 10 rings (SSSR count). The quantitative estimate of drug-likeness (QED) is 0.0383. The first-order chi connectivity index (χ1) is 50.4. The molecule has 1 saturated carbocycles. The van der Waals surface area contributed by atoms with Crippen molar-refractivity contribution in [1.82, 2.24) is 25.5 Å². The standard InChI is InChI=1S/C43H63N3O9.C40H56N2O10/c1-24-22-42(6,52-10)39(54-40-37(50)33(46(8)9)19-25(2)53-40)28(5)36(49)26(3)34(47)21-31(43(7)38(27(4)35(24)48)45-41(51)55-43)17-13-11-15-29-20-30-16-12-14-18-32(30)44-23-29;1-22-20-39(7,47-9)35(51-38-48-23(2)18-24(3)49-38)26(5)33(44)27(6)36(45)50-31(40(8)34(25(4)32(22)43)42-37(46)52-40)17-13-10-14-28-19-29-15-11-12-16-30(29)41-21-28/h12,14,16,18,20,23-28,31,33,37-40,50H,11,13,15,17,19,21-22H2,1-10H3,(H,45,51);11-12,15-16,19,21-27,31,34-35,38H,10,13-14,17-18,20H2,1-9H3,(H,42,46)/t24-,25-,26+,27+,28+,31+,33+,37-,38-,39-,40+,42-,43-;22-,23?,24?,25+,26+,27-,31-,34-,35-,38?,39-,40-/m11/s1. The summed E-state index contributed by atoms with van der Waals surface area (Å²) in [7, 11) is 6.79. The monoisotopic (exact) mass is 1490 g/mol. The van der Waals surface area contributed by atoms with Crippen LogP contribution in [0.2, 0.25) is 0 Å². The van der Waals surface area contributed by atoms with E-state index in [1.807, 2.05) is 115 Å². The smallest absolute Gasteiger partial charge is 0.408 e. The molecule has 0 radical (unpaired) electrons. The van der Waals surface area contributed by atoms with E-state index >= 15 is 0 Å². The normalized spacial score (nSPS) is 38.0. The number of para-hydroxylation sites is 2. The molecule has 24 nitrogen and oxygen atoms in total. The van der Waals surface area contributed by atoms with Gasteiger partial charge in [-0.15, -0.1) is 0 Å². The van der Waals surface area contributed by atoms with E-state index in [1.165, 1.54) is 21.1 Å². The lowest BCUT2D eigenvalue weighted by Gasteiger charge is -2.47. The predicted molar refractivity (Wildman–Crippen MR) is 400 cm³/mol. The van der Waals surface area contributed by atoms with Crippen LogP contribution in [0.3, 0.4) is 0 Å². The third-order valence-corrected chi connectivity index (χ3v) is 24.4. The Hall–Kier alpha value is -6.74. The maximum absolute atomic E-state index is 14.4. The number of aliphatic hydroxyl groups excluding tert-OH is 1. The average molecular weight is 1490 g/mol. The third kappa shape index (κ3) is 19.2. The van der Waals surface area contributed by atoms with Gasteiger partial charge in [0, 0.05) is 91.3 Å². The molecule has 3 N–H and O–H groups in total. The second kappa shape index (κ2) is 35.5. The number of unbranched alkanes of at least 4 members (excludes halogenated alkanes) is 2. The summed E-state index contributed by atoms with van der Waals surface area (Å²) in [5.41, 5.74) is -0.919. The first kappa shape index (κ1) is 84.3. The number of likely N-dealkylation sites (N-methyl/N-ethyl adjacent to an activating group) is 1. The fourth-order valence-electron chi connectivity index (χ4n) is 17.8. The number of alkyl carbamates (subject to hydrolysis) is 2. The number of Topliss-reactive ketones (excluding diaryl/α,β-unsaturated/α-hetero) is 5. The van der Waals surface area contributed by atoms with E-state index in [0.717, 1.165) is 65.0 Å². The van der Waals surface area contributed by atoms with E-state index in [2.05, 4.69) is 32.7 Å². The summed E-state index contributed by atoms with van der Waals surface area (Å²) < 4.78 is 61.5. The number of aryl methyl sites for hydroxylation is 2. The summed E-state index contributed by atoms with van der Waals surface area (Å²) in [5.74, 6) is -9.04. The van der Waals surface area contributed by atoms with Crippen molar-refractivity contribution in [2.45, 2.75) is 283 Å². The SMILES string of the molecule is CO[C@]1(C)C[C@@H](C)C(=O)[C@H](C)[C@H]2NC(=O)O[C@]2(C)[C@@H](CCCCc2cnc3ccccc3c2)CC(=O)[C@H](C)C(=O)[C@H](C)[C@H]1O[C@@H]1O[C@H](C)C[C@H](N(C)C)[C@H]1O.CO[C@]1(C)C[C@@H](C)C(=O)[C@H](C)[C@H]2NC(=O)O[C@]2(C)[C@@H](CCCCc2cnc3ccccc3c2)OC(=O)[C@H](C)C(=O)[C@H](C)[C@H]1OC1OC(C)CC(C)O1. The molecule has 6 fully saturated rings. The van der Waals surface area contributed by atoms with Crippen molar-refractivity contribution in [3.05, 3.63) is 84.2 Å². The molecule has 2 unspecified atom stereocenters. The Morgan fingerprint density at radius 3 is 1.51 bits per heavy atom. The number of benzene rings is 2. The minimum atomic E-state index is -1.39. The number of carbonyl (C=O) groups excluding carboxylic acids is 8. The van der Waals surface area contributed by atoms with E-state index in [1.54, 1.807) is 62.3 Å². The van der Waals surface area contributed by atoms with Crippen molar-refractivity contribution >= 4 is 68.9 Å². The topological polar surface area (TPSA) is 302 Å². The number of fused-ring (bicyclic) bond motifs is 4. The number of methoxy groups -OCH3 is 2. The fraction of sp³-hybridized carbons (Fsp3) is 0.687. The molecule has 24 atom stereocenters. The van der Waals surface area contributed by atoms with Crippen molar-refractivity contribution in [2.24, 2.45) is 53.3 Å². The molecule has 0 spiro atoms. The minimum absolute atomic E-state index is 0.0187. The van der Waals surface area contributed by atoms with Crippen LogP contribution in [0, 0.1) is 53.3 Å². The van der Waals surface area contributed by atoms with Crippen LogP contribution >= 0.6 is 0 Å². The second-order valence-electron chi connectivity index (χ2n) is 32.8. The number of hydrogen-bond acceptors (Lipinski definition) is 22. The second-order valence-corrected chi connectivity index (χ2v) is 32.8. The Kier molecular flexibility index (Phi) is 28.0. The highest BCUT2D eigenvalue weighted by atomic mass is 16.9. The molecule has 7 heterocycles. The molecule has 2 amide bonds. The number of ether oxygens (including phenoxy) is 10. The largest absolute Gasteiger partial charge is 0.457 e.